The average Bonchev–Trinajstić information content (AvgIpc) is 2.65. The van der Waals surface area contributed by atoms with Gasteiger partial charge in [0.2, 0.25) is 0 Å². The number of nitrogens with zero attached hydrogens (tertiary/aromatic N) is 2. The second-order valence-corrected chi connectivity index (χ2v) is 8.47. The molecule has 0 bridgehead atoms. The van der Waals surface area contributed by atoms with Crippen LogP contribution in [-0.4, -0.2) is 30.4 Å². The van der Waals surface area contributed by atoms with E-state index >= 15 is 0 Å². The van der Waals surface area contributed by atoms with Gasteiger partial charge >= 0.3 is 0 Å². The topological polar surface area (TPSA) is 49.6 Å². The molecule has 27 heavy (non-hydrogen) atoms. The van der Waals surface area contributed by atoms with E-state index in [4.69, 9.17) is 5.73 Å². The molecule has 1 heterocycles. The smallest absolute Gasteiger partial charge is 0.157 e. The van der Waals surface area contributed by atoms with Crippen LogP contribution in [0.5, 0.6) is 0 Å². The Morgan fingerprint density at radius 1 is 1.07 bits per heavy atom. The highest BCUT2D eigenvalue weighted by atomic mass is 16.1. The lowest BCUT2D eigenvalue weighted by molar-refractivity contribution is -0.125. The lowest BCUT2D eigenvalue weighted by Crippen LogP contribution is -2.46. The number of hydrogen-bond acceptors (Lipinski definition) is 4. The number of carbonyl (C=O) groups is 1. The molecule has 0 aliphatic carbocycles. The van der Waals surface area contributed by atoms with Crippen molar-refractivity contribution in [2.24, 2.45) is 11.1 Å². The molecule has 0 saturated carbocycles. The van der Waals surface area contributed by atoms with E-state index in [1.165, 1.54) is 22.4 Å². The molecular formula is C23H31N3O. The van der Waals surface area contributed by atoms with Gasteiger partial charge in [-0.15, -0.1) is 0 Å². The van der Waals surface area contributed by atoms with Crippen molar-refractivity contribution in [3.05, 3.63) is 65.2 Å². The van der Waals surface area contributed by atoms with Gasteiger partial charge in [0.15, 0.2) is 5.78 Å². The van der Waals surface area contributed by atoms with Crippen molar-refractivity contribution in [1.82, 2.24) is 4.90 Å². The van der Waals surface area contributed by atoms with Gasteiger partial charge < -0.3 is 10.6 Å². The molecule has 3 rings (SSSR count). The van der Waals surface area contributed by atoms with Crippen LogP contribution < -0.4 is 10.6 Å². The third-order valence-electron chi connectivity index (χ3n) is 5.21. The fourth-order valence-electron chi connectivity index (χ4n) is 3.46. The molecule has 4 nitrogen and oxygen atoms in total. The van der Waals surface area contributed by atoms with Crippen molar-refractivity contribution in [1.29, 1.82) is 0 Å². The number of para-hydroxylation sites is 1. The van der Waals surface area contributed by atoms with Crippen molar-refractivity contribution in [2.45, 2.75) is 40.3 Å². The van der Waals surface area contributed by atoms with Crippen LogP contribution in [0.1, 0.15) is 37.5 Å². The van der Waals surface area contributed by atoms with Crippen molar-refractivity contribution in [2.75, 3.05) is 24.7 Å². The van der Waals surface area contributed by atoms with Crippen molar-refractivity contribution >= 4 is 11.5 Å². The molecule has 0 unspecified atom stereocenters. The Kier molecular flexibility index (Phi) is 5.98. The molecule has 1 aliphatic rings. The summed E-state index contributed by atoms with van der Waals surface area (Å²) in [6, 6.07) is 16.9. The summed E-state index contributed by atoms with van der Waals surface area (Å²) in [6.07, 6.45) is 0.983. The van der Waals surface area contributed by atoms with Gasteiger partial charge in [-0.2, -0.15) is 0 Å². The summed E-state index contributed by atoms with van der Waals surface area (Å²) < 4.78 is 0. The molecule has 4 heteroatoms. The average molecular weight is 366 g/mol. The van der Waals surface area contributed by atoms with Crippen LogP contribution in [0.15, 0.2) is 48.5 Å². The molecule has 0 saturated heterocycles. The normalized spacial score (nSPS) is 14.9. The van der Waals surface area contributed by atoms with E-state index in [0.29, 0.717) is 13.1 Å². The van der Waals surface area contributed by atoms with Gasteiger partial charge in [0.1, 0.15) is 0 Å². The summed E-state index contributed by atoms with van der Waals surface area (Å²) in [5.74, 6) is 0.273. The molecule has 1 aliphatic heterocycles. The molecule has 0 amide bonds. The Morgan fingerprint density at radius 2 is 1.81 bits per heavy atom. The standard InChI is InChI=1S/C23H31N3O/c1-23(2,3)22(27)16-26-17-25(15-20-9-4-5-10-21(20)26)12-11-18-7-6-8-19(13-18)14-24/h4-10,13H,11-12,14-17,24H2,1-3H3. The molecule has 2 aromatic carbocycles. The first-order valence-corrected chi connectivity index (χ1v) is 9.73. The number of fused-ring (bicyclic) bond motifs is 1. The molecule has 0 aromatic heterocycles. The zero-order valence-corrected chi connectivity index (χ0v) is 16.7. The van der Waals surface area contributed by atoms with Gasteiger partial charge in [-0.05, 0) is 29.2 Å². The second kappa shape index (κ2) is 8.24. The van der Waals surface area contributed by atoms with Gasteiger partial charge in [-0.3, -0.25) is 9.69 Å². The first kappa shape index (κ1) is 19.6. The molecule has 0 atom stereocenters. The van der Waals surface area contributed by atoms with Gasteiger partial charge in [0.25, 0.3) is 0 Å². The molecule has 2 N–H and O–H groups in total. The minimum Gasteiger partial charge on any atom is -0.351 e. The number of anilines is 1. The van der Waals surface area contributed by atoms with Crippen LogP contribution in [0.4, 0.5) is 5.69 Å². The molecule has 2 aromatic rings. The third kappa shape index (κ3) is 4.96. The lowest BCUT2D eigenvalue weighted by atomic mass is 9.90. The predicted molar refractivity (Wildman–Crippen MR) is 112 cm³/mol. The van der Waals surface area contributed by atoms with Crippen molar-refractivity contribution in [3.8, 4) is 0 Å². The summed E-state index contributed by atoms with van der Waals surface area (Å²) in [6.45, 7) is 9.69. The van der Waals surface area contributed by atoms with E-state index < -0.39 is 0 Å². The van der Waals surface area contributed by atoms with Crippen molar-refractivity contribution < 1.29 is 4.79 Å². The van der Waals surface area contributed by atoms with E-state index in [0.717, 1.165) is 26.2 Å². The summed E-state index contributed by atoms with van der Waals surface area (Å²) in [7, 11) is 0. The van der Waals surface area contributed by atoms with Crippen LogP contribution in [0, 0.1) is 5.41 Å². The highest BCUT2D eigenvalue weighted by Gasteiger charge is 2.28. The van der Waals surface area contributed by atoms with E-state index in [1.807, 2.05) is 20.8 Å². The van der Waals surface area contributed by atoms with Gasteiger partial charge in [-0.1, -0.05) is 63.2 Å². The zero-order valence-electron chi connectivity index (χ0n) is 16.7. The Morgan fingerprint density at radius 3 is 2.56 bits per heavy atom. The number of rotatable bonds is 6. The van der Waals surface area contributed by atoms with Gasteiger partial charge in [-0.25, -0.2) is 0 Å². The highest BCUT2D eigenvalue weighted by Crippen LogP contribution is 2.28. The van der Waals surface area contributed by atoms with Crippen LogP contribution in [-0.2, 0) is 24.3 Å². The number of nitrogens with two attached hydrogens (primary N) is 1. The maximum absolute atomic E-state index is 12.6. The number of ketones is 1. The minimum absolute atomic E-state index is 0.273. The highest BCUT2D eigenvalue weighted by molar-refractivity contribution is 5.88. The monoisotopic (exact) mass is 365 g/mol. The molecule has 144 valence electrons. The first-order valence-electron chi connectivity index (χ1n) is 9.73. The number of hydrogen-bond donors (Lipinski definition) is 1. The minimum atomic E-state index is -0.320. The Balaban J connectivity index is 1.71. The van der Waals surface area contributed by atoms with E-state index in [1.54, 1.807) is 0 Å². The molecule has 0 spiro atoms. The summed E-state index contributed by atoms with van der Waals surface area (Å²) >= 11 is 0. The quantitative estimate of drug-likeness (QED) is 0.850. The number of benzene rings is 2. The van der Waals surface area contributed by atoms with Crippen LogP contribution in [0.3, 0.4) is 0 Å². The van der Waals surface area contributed by atoms with Gasteiger partial charge in [0.05, 0.1) is 13.2 Å². The van der Waals surface area contributed by atoms with E-state index in [9.17, 15) is 4.79 Å². The summed E-state index contributed by atoms with van der Waals surface area (Å²) in [4.78, 5) is 17.3. The Labute approximate surface area is 163 Å². The fraction of sp³-hybridized carbons (Fsp3) is 0.435. The summed E-state index contributed by atoms with van der Waals surface area (Å²) in [5, 5.41) is 0. The zero-order chi connectivity index (χ0) is 19.4. The number of carbonyl (C=O) groups excluding carboxylic acids is 1. The Hall–Kier alpha value is -2.17. The fourth-order valence-corrected chi connectivity index (χ4v) is 3.46. The van der Waals surface area contributed by atoms with E-state index in [2.05, 4.69) is 58.3 Å². The largest absolute Gasteiger partial charge is 0.351 e. The van der Waals surface area contributed by atoms with Crippen LogP contribution in [0.2, 0.25) is 0 Å². The second-order valence-electron chi connectivity index (χ2n) is 8.47. The predicted octanol–water partition coefficient (Wildman–Crippen LogP) is 3.58. The lowest BCUT2D eigenvalue weighted by Gasteiger charge is -2.39. The maximum Gasteiger partial charge on any atom is 0.157 e. The van der Waals surface area contributed by atoms with Crippen LogP contribution in [0.25, 0.3) is 0 Å². The van der Waals surface area contributed by atoms with Crippen LogP contribution >= 0.6 is 0 Å². The van der Waals surface area contributed by atoms with Crippen molar-refractivity contribution in [3.63, 3.8) is 0 Å². The maximum atomic E-state index is 12.6. The van der Waals surface area contributed by atoms with E-state index in [-0.39, 0.29) is 11.2 Å². The molecular weight excluding hydrogens is 334 g/mol. The first-order chi connectivity index (χ1) is 12.9. The number of Topliss-reactive ketones (excluding diaryl/α,β-unsaturated/α-hetero) is 1. The SMILES string of the molecule is CC(C)(C)C(=O)CN1CN(CCc2cccc(CN)c2)Cc2ccccc21. The third-order valence-corrected chi connectivity index (χ3v) is 5.21. The molecule has 0 radical (unpaired) electrons. The molecule has 0 fully saturated rings. The van der Waals surface area contributed by atoms with Gasteiger partial charge in [0, 0.05) is 30.7 Å². The summed E-state index contributed by atoms with van der Waals surface area (Å²) in [5.41, 5.74) is 10.4. The Bertz CT molecular complexity index is 794.